The first-order valence-corrected chi connectivity index (χ1v) is 10.4. The summed E-state index contributed by atoms with van der Waals surface area (Å²) >= 11 is 0. The maximum atomic E-state index is 12.4. The van der Waals surface area contributed by atoms with E-state index in [-0.39, 0.29) is 15.5 Å². The molecule has 0 spiro atoms. The molecule has 2 rings (SSSR count). The molecule has 27 heavy (non-hydrogen) atoms. The summed E-state index contributed by atoms with van der Waals surface area (Å²) in [6.07, 6.45) is 0.762. The number of rotatable bonds is 7. The van der Waals surface area contributed by atoms with Gasteiger partial charge in [-0.05, 0) is 36.4 Å². The molecule has 0 heterocycles. The molecule has 0 unspecified atom stereocenters. The summed E-state index contributed by atoms with van der Waals surface area (Å²) in [5, 5.41) is 12.7. The van der Waals surface area contributed by atoms with Crippen LogP contribution in [0.15, 0.2) is 75.6 Å². The number of nitrogens with one attached hydrogen (secondary N) is 1. The highest BCUT2D eigenvalue weighted by Crippen LogP contribution is 2.21. The Bertz CT molecular complexity index is 1060. The molecule has 0 aliphatic heterocycles. The van der Waals surface area contributed by atoms with Gasteiger partial charge in [0.1, 0.15) is 0 Å². The van der Waals surface area contributed by atoms with Crippen LogP contribution in [0.2, 0.25) is 0 Å². The number of nitro groups is 1. The van der Waals surface area contributed by atoms with Gasteiger partial charge in [-0.15, -0.1) is 0 Å². The minimum Gasteiger partial charge on any atom is -0.355 e. The van der Waals surface area contributed by atoms with Crippen molar-refractivity contribution in [2.45, 2.75) is 9.79 Å². The van der Waals surface area contributed by atoms with E-state index in [1.165, 1.54) is 62.6 Å². The van der Waals surface area contributed by atoms with Gasteiger partial charge in [-0.1, -0.05) is 18.2 Å². The molecule has 144 valence electrons. The normalized spacial score (nSPS) is 12.8. The Labute approximate surface area is 157 Å². The number of benzene rings is 2. The van der Waals surface area contributed by atoms with Crippen LogP contribution in [0.3, 0.4) is 0 Å². The SMILES string of the molecule is CN(C)S(=O)(=O)c1ccc(NC=C([N+](=O)[O-])S(=O)(=O)c2ccccc2)cc1. The lowest BCUT2D eigenvalue weighted by atomic mass is 10.3. The lowest BCUT2D eigenvalue weighted by molar-refractivity contribution is -0.411. The first-order valence-electron chi connectivity index (χ1n) is 7.50. The van der Waals surface area contributed by atoms with Crippen LogP contribution in [0.5, 0.6) is 0 Å². The van der Waals surface area contributed by atoms with Crippen LogP contribution in [-0.2, 0) is 19.9 Å². The predicted octanol–water partition coefficient (Wildman–Crippen LogP) is 1.90. The second-order valence-corrected chi connectivity index (χ2v) is 9.56. The molecule has 11 heteroatoms. The molecule has 0 amide bonds. The van der Waals surface area contributed by atoms with Crippen molar-refractivity contribution in [3.05, 3.63) is 75.9 Å². The number of anilines is 1. The number of sulfonamides is 1. The topological polar surface area (TPSA) is 127 Å². The zero-order chi connectivity index (χ0) is 20.2. The van der Waals surface area contributed by atoms with Crippen LogP contribution >= 0.6 is 0 Å². The van der Waals surface area contributed by atoms with Crippen LogP contribution in [0.1, 0.15) is 0 Å². The van der Waals surface area contributed by atoms with E-state index in [2.05, 4.69) is 5.32 Å². The molecule has 0 radical (unpaired) electrons. The van der Waals surface area contributed by atoms with Crippen LogP contribution in [0.25, 0.3) is 0 Å². The maximum absolute atomic E-state index is 12.4. The fraction of sp³-hybridized carbons (Fsp3) is 0.125. The van der Waals surface area contributed by atoms with Gasteiger partial charge in [-0.3, -0.25) is 10.1 Å². The molecule has 0 aromatic heterocycles. The summed E-state index contributed by atoms with van der Waals surface area (Å²) in [6, 6.07) is 12.4. The molecule has 9 nitrogen and oxygen atoms in total. The number of sulfone groups is 1. The molecule has 0 saturated heterocycles. The minimum absolute atomic E-state index is 0.0356. The predicted molar refractivity (Wildman–Crippen MR) is 99.6 cm³/mol. The van der Waals surface area contributed by atoms with E-state index >= 15 is 0 Å². The van der Waals surface area contributed by atoms with Crippen molar-refractivity contribution in [2.75, 3.05) is 19.4 Å². The average Bonchev–Trinajstić information content (AvgIpc) is 2.62. The Hall–Kier alpha value is -2.76. The summed E-state index contributed by atoms with van der Waals surface area (Å²) in [5.74, 6) is 0. The fourth-order valence-electron chi connectivity index (χ4n) is 2.03. The van der Waals surface area contributed by atoms with E-state index in [1.807, 2.05) is 0 Å². The molecule has 0 saturated carbocycles. The smallest absolute Gasteiger partial charge is 0.355 e. The zero-order valence-electron chi connectivity index (χ0n) is 14.4. The van der Waals surface area contributed by atoms with Crippen molar-refractivity contribution in [2.24, 2.45) is 0 Å². The van der Waals surface area contributed by atoms with E-state index in [0.29, 0.717) is 0 Å². The molecular weight excluding hydrogens is 394 g/mol. The standard InChI is InChI=1S/C16H17N3O6S2/c1-18(2)27(24,25)15-10-8-13(9-11-15)17-12-16(19(20)21)26(22,23)14-6-4-3-5-7-14/h3-12,17H,1-2H3. The first kappa shape index (κ1) is 20.6. The quantitative estimate of drug-likeness (QED) is 0.544. The molecule has 0 fully saturated rings. The Morgan fingerprint density at radius 3 is 2.00 bits per heavy atom. The Balaban J connectivity index is 2.33. The molecule has 0 atom stereocenters. The van der Waals surface area contributed by atoms with Gasteiger partial charge in [-0.25, -0.2) is 21.1 Å². The van der Waals surface area contributed by atoms with Gasteiger partial charge in [0.05, 0.1) is 20.9 Å². The highest BCUT2D eigenvalue weighted by atomic mass is 32.2. The molecular formula is C16H17N3O6S2. The van der Waals surface area contributed by atoms with Gasteiger partial charge in [-0.2, -0.15) is 0 Å². The van der Waals surface area contributed by atoms with Crippen LogP contribution in [0.4, 0.5) is 5.69 Å². The zero-order valence-corrected chi connectivity index (χ0v) is 16.1. The third-order valence-corrected chi connectivity index (χ3v) is 7.04. The second-order valence-electron chi connectivity index (χ2n) is 5.51. The van der Waals surface area contributed by atoms with Crippen molar-refractivity contribution >= 4 is 25.5 Å². The number of hydrogen-bond acceptors (Lipinski definition) is 7. The maximum Gasteiger partial charge on any atom is 0.379 e. The summed E-state index contributed by atoms with van der Waals surface area (Å²) in [6.45, 7) is 0. The summed E-state index contributed by atoms with van der Waals surface area (Å²) < 4.78 is 49.9. The molecule has 1 N–H and O–H groups in total. The van der Waals surface area contributed by atoms with Gasteiger partial charge in [0.2, 0.25) is 10.0 Å². The average molecular weight is 411 g/mol. The monoisotopic (exact) mass is 411 g/mol. The van der Waals surface area contributed by atoms with Gasteiger partial charge in [0.15, 0.2) is 0 Å². The van der Waals surface area contributed by atoms with Crippen molar-refractivity contribution in [3.8, 4) is 0 Å². The highest BCUT2D eigenvalue weighted by Gasteiger charge is 2.31. The Morgan fingerprint density at radius 1 is 0.963 bits per heavy atom. The van der Waals surface area contributed by atoms with Crippen molar-refractivity contribution in [1.29, 1.82) is 0 Å². The summed E-state index contributed by atoms with van der Waals surface area (Å²) in [4.78, 5) is 10.1. The van der Waals surface area contributed by atoms with E-state index in [4.69, 9.17) is 0 Å². The van der Waals surface area contributed by atoms with Gasteiger partial charge >= 0.3 is 5.03 Å². The third-order valence-electron chi connectivity index (χ3n) is 3.50. The Kier molecular flexibility index (Phi) is 5.98. The largest absolute Gasteiger partial charge is 0.379 e. The second kappa shape index (κ2) is 7.86. The van der Waals surface area contributed by atoms with Gasteiger partial charge in [0.25, 0.3) is 9.84 Å². The van der Waals surface area contributed by atoms with Gasteiger partial charge < -0.3 is 5.32 Å². The van der Waals surface area contributed by atoms with E-state index < -0.39 is 29.8 Å². The van der Waals surface area contributed by atoms with Crippen LogP contribution in [-0.4, -0.2) is 40.2 Å². The highest BCUT2D eigenvalue weighted by molar-refractivity contribution is 7.95. The fourth-order valence-corrected chi connectivity index (χ4v) is 4.10. The molecule has 0 bridgehead atoms. The molecule has 0 aliphatic carbocycles. The van der Waals surface area contributed by atoms with E-state index in [1.54, 1.807) is 6.07 Å². The van der Waals surface area contributed by atoms with Crippen LogP contribution in [0, 0.1) is 10.1 Å². The molecule has 0 aliphatic rings. The van der Waals surface area contributed by atoms with E-state index in [9.17, 15) is 26.9 Å². The van der Waals surface area contributed by atoms with Gasteiger partial charge in [0, 0.05) is 19.8 Å². The van der Waals surface area contributed by atoms with Crippen LogP contribution < -0.4 is 5.32 Å². The summed E-state index contributed by atoms with van der Waals surface area (Å²) in [7, 11) is -5.15. The first-order chi connectivity index (χ1) is 12.6. The number of nitrogens with zero attached hydrogens (tertiary/aromatic N) is 2. The van der Waals surface area contributed by atoms with Crippen molar-refractivity contribution < 1.29 is 21.8 Å². The molecule has 2 aromatic carbocycles. The van der Waals surface area contributed by atoms with E-state index in [0.717, 1.165) is 10.5 Å². The third kappa shape index (κ3) is 4.51. The Morgan fingerprint density at radius 2 is 1.52 bits per heavy atom. The van der Waals surface area contributed by atoms with Crippen molar-refractivity contribution in [1.82, 2.24) is 4.31 Å². The minimum atomic E-state index is -4.32. The lowest BCUT2D eigenvalue weighted by Gasteiger charge is -2.11. The van der Waals surface area contributed by atoms with Crippen molar-refractivity contribution in [3.63, 3.8) is 0 Å². The lowest BCUT2D eigenvalue weighted by Crippen LogP contribution is -2.22. The molecule has 2 aromatic rings. The number of hydrogen-bond donors (Lipinski definition) is 1. The summed E-state index contributed by atoms with van der Waals surface area (Å²) in [5.41, 5.74) is 0.287.